The van der Waals surface area contributed by atoms with Crippen molar-refractivity contribution in [2.45, 2.75) is 32.6 Å². The van der Waals surface area contributed by atoms with Gasteiger partial charge in [-0.25, -0.2) is 4.79 Å². The molecule has 1 aliphatic rings. The first-order valence-electron chi connectivity index (χ1n) is 6.06. The summed E-state index contributed by atoms with van der Waals surface area (Å²) in [6.07, 6.45) is 3.32. The van der Waals surface area contributed by atoms with Crippen molar-refractivity contribution in [1.29, 1.82) is 0 Å². The Kier molecular flexibility index (Phi) is 3.71. The van der Waals surface area contributed by atoms with Gasteiger partial charge in [-0.15, -0.1) is 11.3 Å². The second-order valence-corrected chi connectivity index (χ2v) is 5.77. The zero-order valence-electron chi connectivity index (χ0n) is 10.3. The fraction of sp³-hybridized carbons (Fsp3) is 0.538. The molecular formula is C13H16O4S. The Morgan fingerprint density at radius 1 is 1.44 bits per heavy atom. The standard InChI is InChI=1S/C13H16O4S/c1-2-17-12(16)13(6-3-7-13)8-9-4-5-10(18-9)11(14)15/h4-5H,2-3,6-8H2,1H3,(H,14,15). The zero-order chi connectivity index (χ0) is 13.2. The summed E-state index contributed by atoms with van der Waals surface area (Å²) < 4.78 is 5.13. The van der Waals surface area contributed by atoms with E-state index in [2.05, 4.69) is 0 Å². The maximum absolute atomic E-state index is 12.0. The summed E-state index contributed by atoms with van der Waals surface area (Å²) in [5.41, 5.74) is -0.406. The molecule has 98 valence electrons. The number of ether oxygens (including phenoxy) is 1. The number of carboxylic acids is 1. The van der Waals surface area contributed by atoms with E-state index < -0.39 is 11.4 Å². The lowest BCUT2D eigenvalue weighted by Crippen LogP contribution is -2.41. The minimum absolute atomic E-state index is 0.137. The topological polar surface area (TPSA) is 63.6 Å². The van der Waals surface area contributed by atoms with Crippen LogP contribution in [0.5, 0.6) is 0 Å². The molecule has 0 bridgehead atoms. The molecule has 0 radical (unpaired) electrons. The fourth-order valence-electron chi connectivity index (χ4n) is 2.26. The van der Waals surface area contributed by atoms with Crippen LogP contribution in [0.1, 0.15) is 40.7 Å². The highest BCUT2D eigenvalue weighted by molar-refractivity contribution is 7.13. The van der Waals surface area contributed by atoms with E-state index in [9.17, 15) is 9.59 Å². The van der Waals surface area contributed by atoms with E-state index in [-0.39, 0.29) is 5.97 Å². The molecule has 1 saturated carbocycles. The third kappa shape index (κ3) is 2.41. The lowest BCUT2D eigenvalue weighted by atomic mass is 9.66. The highest BCUT2D eigenvalue weighted by Crippen LogP contribution is 2.45. The molecule has 5 heteroatoms. The number of esters is 1. The first kappa shape index (κ1) is 13.1. The van der Waals surface area contributed by atoms with Crippen LogP contribution < -0.4 is 0 Å². The lowest BCUT2D eigenvalue weighted by Gasteiger charge is -2.38. The van der Waals surface area contributed by atoms with E-state index in [1.54, 1.807) is 19.1 Å². The summed E-state index contributed by atoms with van der Waals surface area (Å²) >= 11 is 1.25. The zero-order valence-corrected chi connectivity index (χ0v) is 11.1. The highest BCUT2D eigenvalue weighted by Gasteiger charge is 2.45. The van der Waals surface area contributed by atoms with Crippen LogP contribution >= 0.6 is 11.3 Å². The molecule has 0 aliphatic heterocycles. The van der Waals surface area contributed by atoms with Gasteiger partial charge in [0.2, 0.25) is 0 Å². The van der Waals surface area contributed by atoms with Gasteiger partial charge in [-0.05, 0) is 38.3 Å². The number of thiophene rings is 1. The van der Waals surface area contributed by atoms with Crippen LogP contribution in [0.25, 0.3) is 0 Å². The number of hydrogen-bond donors (Lipinski definition) is 1. The lowest BCUT2D eigenvalue weighted by molar-refractivity contribution is -0.161. The van der Waals surface area contributed by atoms with Crippen LogP contribution in [0.3, 0.4) is 0 Å². The minimum atomic E-state index is -0.912. The summed E-state index contributed by atoms with van der Waals surface area (Å²) in [5, 5.41) is 8.88. The third-order valence-corrected chi connectivity index (χ3v) is 4.48. The summed E-state index contributed by atoms with van der Waals surface area (Å²) in [5.74, 6) is -1.05. The molecule has 0 aromatic carbocycles. The van der Waals surface area contributed by atoms with Gasteiger partial charge >= 0.3 is 11.9 Å². The van der Waals surface area contributed by atoms with Gasteiger partial charge in [0.25, 0.3) is 0 Å². The van der Waals surface area contributed by atoms with E-state index in [1.165, 1.54) is 11.3 Å². The molecule has 1 N–H and O–H groups in total. The molecule has 1 aliphatic carbocycles. The predicted molar refractivity (Wildman–Crippen MR) is 67.9 cm³/mol. The summed E-state index contributed by atoms with van der Waals surface area (Å²) in [7, 11) is 0. The summed E-state index contributed by atoms with van der Waals surface area (Å²) in [6, 6.07) is 3.40. The van der Waals surface area contributed by atoms with Gasteiger partial charge in [0, 0.05) is 4.88 Å². The van der Waals surface area contributed by atoms with Gasteiger partial charge in [-0.3, -0.25) is 4.79 Å². The molecule has 4 nitrogen and oxygen atoms in total. The Balaban J connectivity index is 2.10. The molecule has 1 aromatic heterocycles. The Bertz CT molecular complexity index is 459. The van der Waals surface area contributed by atoms with E-state index in [1.807, 2.05) is 0 Å². The first-order valence-corrected chi connectivity index (χ1v) is 6.88. The molecular weight excluding hydrogens is 252 g/mol. The molecule has 2 rings (SSSR count). The molecule has 18 heavy (non-hydrogen) atoms. The van der Waals surface area contributed by atoms with Crippen molar-refractivity contribution in [3.05, 3.63) is 21.9 Å². The Morgan fingerprint density at radius 3 is 2.61 bits per heavy atom. The first-order chi connectivity index (χ1) is 8.57. The predicted octanol–water partition coefficient (Wildman–Crippen LogP) is 2.72. The van der Waals surface area contributed by atoms with Crippen molar-refractivity contribution >= 4 is 23.3 Å². The third-order valence-electron chi connectivity index (χ3n) is 3.40. The maximum atomic E-state index is 12.0. The number of rotatable bonds is 5. The van der Waals surface area contributed by atoms with Gasteiger partial charge < -0.3 is 9.84 Å². The van der Waals surface area contributed by atoms with Crippen LogP contribution in [-0.4, -0.2) is 23.7 Å². The van der Waals surface area contributed by atoms with Crippen molar-refractivity contribution in [2.75, 3.05) is 6.61 Å². The molecule has 0 spiro atoms. The average molecular weight is 268 g/mol. The van der Waals surface area contributed by atoms with Crippen LogP contribution in [0.4, 0.5) is 0 Å². The minimum Gasteiger partial charge on any atom is -0.477 e. The van der Waals surface area contributed by atoms with E-state index >= 15 is 0 Å². The maximum Gasteiger partial charge on any atom is 0.345 e. The summed E-state index contributed by atoms with van der Waals surface area (Å²) in [6.45, 7) is 2.20. The molecule has 0 atom stereocenters. The normalized spacial score (nSPS) is 16.9. The average Bonchev–Trinajstić information content (AvgIpc) is 2.72. The molecule has 0 saturated heterocycles. The van der Waals surface area contributed by atoms with Crippen molar-refractivity contribution in [2.24, 2.45) is 5.41 Å². The molecule has 0 unspecified atom stereocenters. The monoisotopic (exact) mass is 268 g/mol. The van der Waals surface area contributed by atoms with Crippen molar-refractivity contribution in [1.82, 2.24) is 0 Å². The van der Waals surface area contributed by atoms with E-state index in [0.29, 0.717) is 17.9 Å². The quantitative estimate of drug-likeness (QED) is 0.834. The highest BCUT2D eigenvalue weighted by atomic mass is 32.1. The molecule has 0 amide bonds. The summed E-state index contributed by atoms with van der Waals surface area (Å²) in [4.78, 5) is 24.0. The van der Waals surface area contributed by atoms with E-state index in [4.69, 9.17) is 9.84 Å². The van der Waals surface area contributed by atoms with Gasteiger partial charge in [-0.2, -0.15) is 0 Å². The fourth-order valence-corrected chi connectivity index (χ4v) is 3.25. The van der Waals surface area contributed by atoms with Crippen molar-refractivity contribution in [3.8, 4) is 0 Å². The van der Waals surface area contributed by atoms with Gasteiger partial charge in [0.1, 0.15) is 4.88 Å². The van der Waals surface area contributed by atoms with E-state index in [0.717, 1.165) is 24.1 Å². The van der Waals surface area contributed by atoms with Crippen LogP contribution in [-0.2, 0) is 16.0 Å². The largest absolute Gasteiger partial charge is 0.477 e. The smallest absolute Gasteiger partial charge is 0.345 e. The SMILES string of the molecule is CCOC(=O)C1(Cc2ccc(C(=O)O)s2)CCC1. The number of carbonyl (C=O) groups excluding carboxylic acids is 1. The number of carbonyl (C=O) groups is 2. The Hall–Kier alpha value is -1.36. The van der Waals surface area contributed by atoms with Gasteiger partial charge in [-0.1, -0.05) is 6.42 Å². The van der Waals surface area contributed by atoms with Crippen LogP contribution in [0.15, 0.2) is 12.1 Å². The Labute approximate surface area is 110 Å². The number of hydrogen-bond acceptors (Lipinski definition) is 4. The van der Waals surface area contributed by atoms with Gasteiger partial charge in [0.05, 0.1) is 12.0 Å². The second kappa shape index (κ2) is 5.10. The van der Waals surface area contributed by atoms with Crippen molar-refractivity contribution in [3.63, 3.8) is 0 Å². The second-order valence-electron chi connectivity index (χ2n) is 4.60. The number of aromatic carboxylic acids is 1. The van der Waals surface area contributed by atoms with Crippen LogP contribution in [0, 0.1) is 5.41 Å². The van der Waals surface area contributed by atoms with Gasteiger partial charge in [0.15, 0.2) is 0 Å². The molecule has 1 heterocycles. The molecule has 1 fully saturated rings. The number of carboxylic acid groups (broad SMARTS) is 1. The molecule has 1 aromatic rings. The Morgan fingerprint density at radius 2 is 2.17 bits per heavy atom. The van der Waals surface area contributed by atoms with Crippen LogP contribution in [0.2, 0.25) is 0 Å². The van der Waals surface area contributed by atoms with Crippen molar-refractivity contribution < 1.29 is 19.4 Å².